The molecule has 0 saturated carbocycles. The number of carbonyl (C=O) groups is 1. The van der Waals surface area contributed by atoms with Crippen LogP contribution in [0.15, 0.2) is 24.3 Å². The van der Waals surface area contributed by atoms with Crippen molar-refractivity contribution >= 4 is 11.7 Å². The average molecular weight is 235 g/mol. The topological polar surface area (TPSA) is 38.3 Å². The largest absolute Gasteiger partial charge is 0.464 e. The summed E-state index contributed by atoms with van der Waals surface area (Å²) in [6.45, 7) is 8.31. The van der Waals surface area contributed by atoms with Gasteiger partial charge in [0.1, 0.15) is 6.04 Å². The molecule has 3 nitrogen and oxygen atoms in total. The van der Waals surface area contributed by atoms with Gasteiger partial charge in [-0.1, -0.05) is 32.0 Å². The molecule has 1 aromatic carbocycles. The van der Waals surface area contributed by atoms with E-state index in [1.54, 1.807) is 0 Å². The van der Waals surface area contributed by atoms with Crippen LogP contribution in [0.3, 0.4) is 0 Å². The van der Waals surface area contributed by atoms with E-state index >= 15 is 0 Å². The minimum absolute atomic E-state index is 0.217. The summed E-state index contributed by atoms with van der Waals surface area (Å²) < 4.78 is 4.97. The van der Waals surface area contributed by atoms with Crippen molar-refractivity contribution in [1.82, 2.24) is 0 Å². The second-order valence-corrected chi connectivity index (χ2v) is 4.36. The molecule has 3 heteroatoms. The first-order valence-corrected chi connectivity index (χ1v) is 6.08. The summed E-state index contributed by atoms with van der Waals surface area (Å²) >= 11 is 0. The summed E-state index contributed by atoms with van der Waals surface area (Å²) in [7, 11) is 0. The molecule has 1 N–H and O–H groups in total. The van der Waals surface area contributed by atoms with Crippen LogP contribution in [0.1, 0.15) is 39.2 Å². The summed E-state index contributed by atoms with van der Waals surface area (Å²) in [5.41, 5.74) is 2.21. The zero-order valence-electron chi connectivity index (χ0n) is 11.0. The monoisotopic (exact) mass is 235 g/mol. The van der Waals surface area contributed by atoms with E-state index in [-0.39, 0.29) is 12.0 Å². The van der Waals surface area contributed by atoms with Crippen molar-refractivity contribution < 1.29 is 9.53 Å². The number of esters is 1. The van der Waals surface area contributed by atoms with Gasteiger partial charge < -0.3 is 10.1 Å². The van der Waals surface area contributed by atoms with Crippen molar-refractivity contribution in [2.75, 3.05) is 11.9 Å². The summed E-state index contributed by atoms with van der Waals surface area (Å²) in [6, 6.07) is 7.72. The van der Waals surface area contributed by atoms with Crippen LogP contribution < -0.4 is 5.32 Å². The maximum absolute atomic E-state index is 11.5. The zero-order valence-corrected chi connectivity index (χ0v) is 11.0. The minimum Gasteiger partial charge on any atom is -0.464 e. The number of hydrogen-bond donors (Lipinski definition) is 1. The van der Waals surface area contributed by atoms with Crippen LogP contribution in [0.2, 0.25) is 0 Å². The Kier molecular flexibility index (Phi) is 5.01. The first kappa shape index (κ1) is 13.6. The molecule has 0 aliphatic rings. The van der Waals surface area contributed by atoms with Gasteiger partial charge in [0.2, 0.25) is 0 Å². The summed E-state index contributed by atoms with van der Waals surface area (Å²) in [5, 5.41) is 3.20. The molecule has 17 heavy (non-hydrogen) atoms. The van der Waals surface area contributed by atoms with Crippen LogP contribution in [-0.4, -0.2) is 18.6 Å². The lowest BCUT2D eigenvalue weighted by Gasteiger charge is -2.18. The summed E-state index contributed by atoms with van der Waals surface area (Å²) in [4.78, 5) is 11.5. The van der Waals surface area contributed by atoms with E-state index in [0.29, 0.717) is 12.5 Å². The highest BCUT2D eigenvalue weighted by Crippen LogP contribution is 2.24. The Balaban J connectivity index is 2.77. The smallest absolute Gasteiger partial charge is 0.328 e. The van der Waals surface area contributed by atoms with Crippen molar-refractivity contribution in [3.05, 3.63) is 29.8 Å². The van der Waals surface area contributed by atoms with Gasteiger partial charge in [0, 0.05) is 5.69 Å². The van der Waals surface area contributed by atoms with Crippen LogP contribution in [0.5, 0.6) is 0 Å². The molecule has 0 saturated heterocycles. The Labute approximate surface area is 103 Å². The fourth-order valence-corrected chi connectivity index (χ4v) is 1.69. The van der Waals surface area contributed by atoms with E-state index in [0.717, 1.165) is 5.69 Å². The number of benzene rings is 1. The molecule has 1 rings (SSSR count). The number of ether oxygens (including phenoxy) is 1. The van der Waals surface area contributed by atoms with Gasteiger partial charge >= 0.3 is 5.97 Å². The van der Waals surface area contributed by atoms with Gasteiger partial charge in [-0.15, -0.1) is 0 Å². The lowest BCUT2D eigenvalue weighted by molar-refractivity contribution is -0.143. The average Bonchev–Trinajstić information content (AvgIpc) is 2.29. The Morgan fingerprint density at radius 2 is 1.94 bits per heavy atom. The SMILES string of the molecule is CCOC(=O)C(C)Nc1ccccc1C(C)C. The summed E-state index contributed by atoms with van der Waals surface area (Å²) in [5.74, 6) is 0.208. The molecular weight excluding hydrogens is 214 g/mol. The van der Waals surface area contributed by atoms with Gasteiger partial charge in [-0.2, -0.15) is 0 Å². The maximum Gasteiger partial charge on any atom is 0.328 e. The van der Waals surface area contributed by atoms with Crippen molar-refractivity contribution in [3.8, 4) is 0 Å². The molecule has 0 aromatic heterocycles. The van der Waals surface area contributed by atoms with Crippen molar-refractivity contribution in [1.29, 1.82) is 0 Å². The Morgan fingerprint density at radius 3 is 2.53 bits per heavy atom. The minimum atomic E-state index is -0.324. The lowest BCUT2D eigenvalue weighted by Crippen LogP contribution is -2.28. The molecule has 0 bridgehead atoms. The van der Waals surface area contributed by atoms with E-state index in [9.17, 15) is 4.79 Å². The third-order valence-electron chi connectivity index (χ3n) is 2.59. The van der Waals surface area contributed by atoms with Crippen LogP contribution in [0, 0.1) is 0 Å². The van der Waals surface area contributed by atoms with E-state index in [4.69, 9.17) is 4.74 Å². The number of hydrogen-bond acceptors (Lipinski definition) is 3. The second kappa shape index (κ2) is 6.28. The molecule has 0 aliphatic carbocycles. The van der Waals surface area contributed by atoms with Gasteiger partial charge in [-0.25, -0.2) is 4.79 Å². The highest BCUT2D eigenvalue weighted by molar-refractivity contribution is 5.79. The molecule has 94 valence electrons. The number of rotatable bonds is 5. The van der Waals surface area contributed by atoms with Crippen molar-refractivity contribution in [2.24, 2.45) is 0 Å². The molecule has 0 amide bonds. The second-order valence-electron chi connectivity index (χ2n) is 4.36. The van der Waals surface area contributed by atoms with Crippen molar-refractivity contribution in [2.45, 2.75) is 39.7 Å². The molecule has 1 aromatic rings. The van der Waals surface area contributed by atoms with Crippen LogP contribution >= 0.6 is 0 Å². The fourth-order valence-electron chi connectivity index (χ4n) is 1.69. The number of carbonyl (C=O) groups excluding carboxylic acids is 1. The first-order valence-electron chi connectivity index (χ1n) is 6.08. The molecule has 1 unspecified atom stereocenters. The number of anilines is 1. The van der Waals surface area contributed by atoms with E-state index in [1.807, 2.05) is 32.0 Å². The molecular formula is C14H21NO2. The quantitative estimate of drug-likeness (QED) is 0.797. The van der Waals surface area contributed by atoms with Gasteiger partial charge in [0.25, 0.3) is 0 Å². The predicted molar refractivity (Wildman–Crippen MR) is 70.2 cm³/mol. The Morgan fingerprint density at radius 1 is 1.29 bits per heavy atom. The van der Waals surface area contributed by atoms with E-state index < -0.39 is 0 Å². The number of nitrogens with one attached hydrogen (secondary N) is 1. The van der Waals surface area contributed by atoms with Gasteiger partial charge in [0.15, 0.2) is 0 Å². The summed E-state index contributed by atoms with van der Waals surface area (Å²) in [6.07, 6.45) is 0. The van der Waals surface area contributed by atoms with E-state index in [2.05, 4.69) is 25.2 Å². The third kappa shape index (κ3) is 3.77. The lowest BCUT2D eigenvalue weighted by atomic mass is 10.0. The Bertz CT molecular complexity index is 374. The Hall–Kier alpha value is -1.51. The highest BCUT2D eigenvalue weighted by Gasteiger charge is 2.15. The van der Waals surface area contributed by atoms with Crippen LogP contribution in [0.4, 0.5) is 5.69 Å². The van der Waals surface area contributed by atoms with Gasteiger partial charge in [-0.05, 0) is 31.4 Å². The molecule has 0 fully saturated rings. The normalized spacial score (nSPS) is 12.3. The molecule has 1 atom stereocenters. The fraction of sp³-hybridized carbons (Fsp3) is 0.500. The molecule has 0 radical (unpaired) electrons. The van der Waals surface area contributed by atoms with Crippen LogP contribution in [0.25, 0.3) is 0 Å². The van der Waals surface area contributed by atoms with Crippen LogP contribution in [-0.2, 0) is 9.53 Å². The molecule has 0 heterocycles. The third-order valence-corrected chi connectivity index (χ3v) is 2.59. The van der Waals surface area contributed by atoms with Gasteiger partial charge in [-0.3, -0.25) is 0 Å². The maximum atomic E-state index is 11.5. The molecule has 0 aliphatic heterocycles. The zero-order chi connectivity index (χ0) is 12.8. The highest BCUT2D eigenvalue weighted by atomic mass is 16.5. The number of para-hydroxylation sites is 1. The predicted octanol–water partition coefficient (Wildman–Crippen LogP) is 3.17. The van der Waals surface area contributed by atoms with Crippen molar-refractivity contribution in [3.63, 3.8) is 0 Å². The standard InChI is InChI=1S/C14H21NO2/c1-5-17-14(16)11(4)15-13-9-7-6-8-12(13)10(2)3/h6-11,15H,5H2,1-4H3. The first-order chi connectivity index (χ1) is 8.06. The van der Waals surface area contributed by atoms with E-state index in [1.165, 1.54) is 5.56 Å². The molecule has 0 spiro atoms. The van der Waals surface area contributed by atoms with Gasteiger partial charge in [0.05, 0.1) is 6.61 Å².